The lowest BCUT2D eigenvalue weighted by molar-refractivity contribution is 0.247. The van der Waals surface area contributed by atoms with Gasteiger partial charge in [0.05, 0.1) is 21.4 Å². The average molecular weight is 501 g/mol. The fourth-order valence-corrected chi connectivity index (χ4v) is 5.64. The number of fused-ring (bicyclic) bond motifs is 1. The number of anilines is 2. The molecule has 2 aliphatic rings. The Morgan fingerprint density at radius 1 is 0.879 bits per heavy atom. The molecule has 1 saturated heterocycles. The number of urea groups is 1. The zero-order chi connectivity index (χ0) is 22.9. The molecule has 7 heteroatoms. The summed E-state index contributed by atoms with van der Waals surface area (Å²) in [5, 5.41) is 7.95. The molecule has 0 atom stereocenters. The molecule has 0 aliphatic carbocycles. The summed E-state index contributed by atoms with van der Waals surface area (Å²) in [5.41, 5.74) is 5.43. The number of nitrogens with zero attached hydrogens (tertiary/aromatic N) is 1. The van der Waals surface area contributed by atoms with Crippen LogP contribution < -0.4 is 15.5 Å². The Kier molecular flexibility index (Phi) is 6.53. The zero-order valence-corrected chi connectivity index (χ0v) is 20.3. The molecule has 4 nitrogen and oxygen atoms in total. The van der Waals surface area contributed by atoms with Gasteiger partial charge < -0.3 is 10.6 Å². The van der Waals surface area contributed by atoms with Gasteiger partial charge in [-0.25, -0.2) is 4.79 Å². The van der Waals surface area contributed by atoms with Crippen LogP contribution in [0.15, 0.2) is 54.6 Å². The summed E-state index contributed by atoms with van der Waals surface area (Å²) in [4.78, 5) is 14.7. The Morgan fingerprint density at radius 2 is 1.58 bits per heavy atom. The smallest absolute Gasteiger partial charge is 0.326 e. The second kappa shape index (κ2) is 9.55. The van der Waals surface area contributed by atoms with Gasteiger partial charge in [0.15, 0.2) is 0 Å². The summed E-state index contributed by atoms with van der Waals surface area (Å²) < 4.78 is 0. The maximum absolute atomic E-state index is 13.1. The highest BCUT2D eigenvalue weighted by Crippen LogP contribution is 2.45. The van der Waals surface area contributed by atoms with Gasteiger partial charge in [0.1, 0.15) is 0 Å². The van der Waals surface area contributed by atoms with Crippen LogP contribution in [0, 0.1) is 5.92 Å². The van der Waals surface area contributed by atoms with E-state index in [0.717, 1.165) is 54.7 Å². The van der Waals surface area contributed by atoms with E-state index in [9.17, 15) is 4.79 Å². The third-order valence-electron chi connectivity index (χ3n) is 6.45. The molecule has 0 unspecified atom stereocenters. The molecule has 0 aromatic heterocycles. The van der Waals surface area contributed by atoms with E-state index in [0.29, 0.717) is 33.2 Å². The van der Waals surface area contributed by atoms with Gasteiger partial charge in [0, 0.05) is 22.7 Å². The molecule has 0 spiro atoms. The largest absolute Gasteiger partial charge is 0.333 e. The van der Waals surface area contributed by atoms with Crippen LogP contribution in [0.3, 0.4) is 0 Å². The van der Waals surface area contributed by atoms with Crippen LogP contribution in [-0.2, 0) is 13.0 Å². The van der Waals surface area contributed by atoms with Crippen molar-refractivity contribution in [3.8, 4) is 11.1 Å². The fraction of sp³-hybridized carbons (Fsp3) is 0.269. The van der Waals surface area contributed by atoms with Crippen molar-refractivity contribution < 1.29 is 4.79 Å². The van der Waals surface area contributed by atoms with Crippen molar-refractivity contribution in [1.29, 1.82) is 0 Å². The summed E-state index contributed by atoms with van der Waals surface area (Å²) in [6.45, 7) is 2.48. The Bertz CT molecular complexity index is 1190. The molecule has 0 saturated carbocycles. The average Bonchev–Trinajstić information content (AvgIpc) is 2.81. The number of para-hydroxylation sites is 1. The molecule has 2 N–H and O–H groups in total. The molecule has 5 rings (SSSR count). The minimum absolute atomic E-state index is 0.248. The zero-order valence-electron chi connectivity index (χ0n) is 18.0. The van der Waals surface area contributed by atoms with E-state index < -0.39 is 0 Å². The molecule has 0 bridgehead atoms. The molecule has 3 aromatic carbocycles. The highest BCUT2D eigenvalue weighted by Gasteiger charge is 2.31. The molecular weight excluding hydrogens is 477 g/mol. The van der Waals surface area contributed by atoms with E-state index in [2.05, 4.69) is 22.8 Å². The molecule has 0 radical (unpaired) electrons. The number of amides is 2. The van der Waals surface area contributed by atoms with E-state index >= 15 is 0 Å². The molecule has 170 valence electrons. The van der Waals surface area contributed by atoms with Crippen LogP contribution in [-0.4, -0.2) is 19.1 Å². The van der Waals surface area contributed by atoms with Gasteiger partial charge in [-0.3, -0.25) is 4.90 Å². The fourth-order valence-electron chi connectivity index (χ4n) is 4.83. The first-order valence-electron chi connectivity index (χ1n) is 11.2. The number of nitrogens with one attached hydrogen (secondary N) is 2. The van der Waals surface area contributed by atoms with Gasteiger partial charge in [0.25, 0.3) is 0 Å². The van der Waals surface area contributed by atoms with Gasteiger partial charge in [-0.1, -0.05) is 65.1 Å². The Hall–Kier alpha value is -2.24. The Morgan fingerprint density at radius 3 is 2.30 bits per heavy atom. The second-order valence-electron chi connectivity index (χ2n) is 8.58. The summed E-state index contributed by atoms with van der Waals surface area (Å²) in [6.07, 6.45) is 3.22. The van der Waals surface area contributed by atoms with Crippen molar-refractivity contribution in [3.05, 3.63) is 80.8 Å². The highest BCUT2D eigenvalue weighted by atomic mass is 35.5. The first kappa shape index (κ1) is 22.5. The predicted molar refractivity (Wildman–Crippen MR) is 137 cm³/mol. The number of carbonyl (C=O) groups is 1. The third kappa shape index (κ3) is 4.45. The lowest BCUT2D eigenvalue weighted by Crippen LogP contribution is -2.41. The van der Waals surface area contributed by atoms with Crippen LogP contribution in [0.25, 0.3) is 11.1 Å². The maximum Gasteiger partial charge on any atom is 0.326 e. The maximum atomic E-state index is 13.1. The second-order valence-corrected chi connectivity index (χ2v) is 9.80. The summed E-state index contributed by atoms with van der Waals surface area (Å²) in [7, 11) is 0. The van der Waals surface area contributed by atoms with E-state index in [1.807, 2.05) is 24.3 Å². The van der Waals surface area contributed by atoms with E-state index in [-0.39, 0.29) is 6.03 Å². The van der Waals surface area contributed by atoms with E-state index in [4.69, 9.17) is 34.8 Å². The van der Waals surface area contributed by atoms with Crippen LogP contribution in [0.1, 0.15) is 24.0 Å². The number of hydrogen-bond donors (Lipinski definition) is 2. The molecule has 2 amide bonds. The summed E-state index contributed by atoms with van der Waals surface area (Å²) in [6, 6.07) is 17.2. The van der Waals surface area contributed by atoms with E-state index in [1.165, 1.54) is 5.56 Å². The number of rotatable bonds is 4. The Labute approximate surface area is 208 Å². The molecule has 2 heterocycles. The monoisotopic (exact) mass is 499 g/mol. The Balaban J connectivity index is 1.70. The summed E-state index contributed by atoms with van der Waals surface area (Å²) in [5.74, 6) is 0.596. The van der Waals surface area contributed by atoms with Crippen molar-refractivity contribution in [1.82, 2.24) is 10.6 Å². The third-order valence-corrected chi connectivity index (χ3v) is 7.39. The quantitative estimate of drug-likeness (QED) is 0.397. The van der Waals surface area contributed by atoms with E-state index in [1.54, 1.807) is 23.1 Å². The van der Waals surface area contributed by atoms with Gasteiger partial charge >= 0.3 is 6.03 Å². The lowest BCUT2D eigenvalue weighted by atomic mass is 9.87. The van der Waals surface area contributed by atoms with Crippen molar-refractivity contribution in [3.63, 3.8) is 0 Å². The minimum atomic E-state index is -0.248. The van der Waals surface area contributed by atoms with Gasteiger partial charge in [0.2, 0.25) is 0 Å². The van der Waals surface area contributed by atoms with Crippen molar-refractivity contribution in [2.24, 2.45) is 5.92 Å². The number of benzene rings is 3. The number of piperidine rings is 1. The van der Waals surface area contributed by atoms with Crippen LogP contribution in [0.2, 0.25) is 15.1 Å². The highest BCUT2D eigenvalue weighted by molar-refractivity contribution is 6.40. The lowest BCUT2D eigenvalue weighted by Gasteiger charge is -2.33. The van der Waals surface area contributed by atoms with Gasteiger partial charge in [-0.05, 0) is 73.7 Å². The first-order valence-corrected chi connectivity index (χ1v) is 12.3. The van der Waals surface area contributed by atoms with Gasteiger partial charge in [-0.2, -0.15) is 0 Å². The number of halogens is 3. The van der Waals surface area contributed by atoms with Crippen molar-refractivity contribution in [2.75, 3.05) is 18.0 Å². The van der Waals surface area contributed by atoms with Crippen LogP contribution in [0.4, 0.5) is 16.2 Å². The molecule has 33 heavy (non-hydrogen) atoms. The topological polar surface area (TPSA) is 44.4 Å². The normalized spacial score (nSPS) is 16.5. The SMILES string of the molecule is O=C1NCc2c(-c3ccccc3Cl)cc(CC3CCNCC3)cc2N1c1c(Cl)cccc1Cl. The predicted octanol–water partition coefficient (Wildman–Crippen LogP) is 7.22. The molecule has 2 aliphatic heterocycles. The van der Waals surface area contributed by atoms with Gasteiger partial charge in [-0.15, -0.1) is 0 Å². The first-order chi connectivity index (χ1) is 16.0. The standard InChI is InChI=1S/C26H24Cl3N3O/c27-21-5-2-1-4-18(21)19-13-17(12-16-8-10-30-11-9-16)14-24-20(19)15-31-26(33)32(24)25-22(28)6-3-7-23(25)29/h1-7,13-14,16,30H,8-12,15H2,(H,31,33). The molecule has 1 fully saturated rings. The van der Waals surface area contributed by atoms with Crippen LogP contribution >= 0.6 is 34.8 Å². The van der Waals surface area contributed by atoms with Crippen molar-refractivity contribution >= 4 is 52.2 Å². The number of carbonyl (C=O) groups excluding carboxylic acids is 1. The molecular formula is C26H24Cl3N3O. The number of hydrogen-bond acceptors (Lipinski definition) is 2. The molecule has 3 aromatic rings. The van der Waals surface area contributed by atoms with Crippen LogP contribution in [0.5, 0.6) is 0 Å². The minimum Gasteiger partial charge on any atom is -0.333 e. The summed E-state index contributed by atoms with van der Waals surface area (Å²) >= 11 is 19.7. The van der Waals surface area contributed by atoms with Crippen molar-refractivity contribution in [2.45, 2.75) is 25.8 Å².